The second-order valence-corrected chi connectivity index (χ2v) is 6.72. The van der Waals surface area contributed by atoms with Crippen LogP contribution in [-0.4, -0.2) is 28.2 Å². The molecular formula is C17H19N3O2S. The van der Waals surface area contributed by atoms with Gasteiger partial charge in [-0.3, -0.25) is 14.6 Å². The molecule has 1 aliphatic rings. The van der Waals surface area contributed by atoms with Gasteiger partial charge in [0.15, 0.2) is 0 Å². The number of carbonyl (C=O) groups is 2. The van der Waals surface area contributed by atoms with Gasteiger partial charge in [0.1, 0.15) is 0 Å². The minimum atomic E-state index is -0.284. The molecule has 0 unspecified atom stereocenters. The highest BCUT2D eigenvalue weighted by molar-refractivity contribution is 7.10. The fourth-order valence-corrected chi connectivity index (χ4v) is 3.46. The molecular weight excluding hydrogens is 310 g/mol. The van der Waals surface area contributed by atoms with E-state index in [1.165, 1.54) is 0 Å². The van der Waals surface area contributed by atoms with E-state index in [1.807, 2.05) is 42.6 Å². The third-order valence-electron chi connectivity index (χ3n) is 3.99. The highest BCUT2D eigenvalue weighted by atomic mass is 32.1. The number of nitrogens with zero attached hydrogens (tertiary/aromatic N) is 2. The molecule has 1 N–H and O–H groups in total. The van der Waals surface area contributed by atoms with Crippen LogP contribution in [0.15, 0.2) is 41.9 Å². The number of aromatic nitrogens is 1. The molecule has 2 aromatic rings. The highest BCUT2D eigenvalue weighted by Crippen LogP contribution is 2.23. The van der Waals surface area contributed by atoms with Crippen LogP contribution in [0.2, 0.25) is 0 Å². The molecule has 0 bridgehead atoms. The van der Waals surface area contributed by atoms with Crippen LogP contribution < -0.4 is 5.32 Å². The standard InChI is InChI=1S/C17H19N3O2S/c1-12(15-6-4-8-23-15)19-17(22)13-9-16(21)20(10-13)11-14-5-2-3-7-18-14/h2-8,12-13H,9-11H2,1H3,(H,19,22)/t12-,13-/m0/s1. The first kappa shape index (κ1) is 15.7. The molecule has 5 nitrogen and oxygen atoms in total. The van der Waals surface area contributed by atoms with E-state index in [2.05, 4.69) is 10.3 Å². The second kappa shape index (κ2) is 6.91. The fraction of sp³-hybridized carbons (Fsp3) is 0.353. The first-order valence-electron chi connectivity index (χ1n) is 7.65. The Hall–Kier alpha value is -2.21. The smallest absolute Gasteiger partial charge is 0.225 e. The van der Waals surface area contributed by atoms with Gasteiger partial charge >= 0.3 is 0 Å². The number of rotatable bonds is 5. The fourth-order valence-electron chi connectivity index (χ4n) is 2.73. The van der Waals surface area contributed by atoms with Gasteiger partial charge in [-0.05, 0) is 30.5 Å². The molecule has 0 aliphatic carbocycles. The van der Waals surface area contributed by atoms with E-state index in [-0.39, 0.29) is 30.2 Å². The molecule has 1 saturated heterocycles. The van der Waals surface area contributed by atoms with Crippen LogP contribution in [0.4, 0.5) is 0 Å². The number of likely N-dealkylation sites (tertiary alicyclic amines) is 1. The predicted octanol–water partition coefficient (Wildman–Crippen LogP) is 2.37. The summed E-state index contributed by atoms with van der Waals surface area (Å²) in [6.45, 7) is 2.88. The lowest BCUT2D eigenvalue weighted by molar-refractivity contribution is -0.129. The summed E-state index contributed by atoms with van der Waals surface area (Å²) < 4.78 is 0. The summed E-state index contributed by atoms with van der Waals surface area (Å²) in [4.78, 5) is 31.6. The van der Waals surface area contributed by atoms with Gasteiger partial charge in [0.2, 0.25) is 11.8 Å². The second-order valence-electron chi connectivity index (χ2n) is 5.74. The molecule has 0 saturated carbocycles. The minimum Gasteiger partial charge on any atom is -0.348 e. The SMILES string of the molecule is C[C@H](NC(=O)[C@H]1CC(=O)N(Cc2ccccn2)C1)c1cccs1. The maximum atomic E-state index is 12.4. The first-order chi connectivity index (χ1) is 11.1. The van der Waals surface area contributed by atoms with Gasteiger partial charge in [0, 0.05) is 24.0 Å². The average Bonchev–Trinajstić information content (AvgIpc) is 3.19. The lowest BCUT2D eigenvalue weighted by atomic mass is 10.1. The number of carbonyl (C=O) groups excluding carboxylic acids is 2. The maximum absolute atomic E-state index is 12.4. The van der Waals surface area contributed by atoms with Crippen LogP contribution >= 0.6 is 11.3 Å². The Morgan fingerprint density at radius 1 is 1.43 bits per heavy atom. The summed E-state index contributed by atoms with van der Waals surface area (Å²) in [6.07, 6.45) is 1.98. The van der Waals surface area contributed by atoms with Gasteiger partial charge in [0.05, 0.1) is 24.2 Å². The van der Waals surface area contributed by atoms with E-state index in [9.17, 15) is 9.59 Å². The monoisotopic (exact) mass is 329 g/mol. The molecule has 0 radical (unpaired) electrons. The summed E-state index contributed by atoms with van der Waals surface area (Å²) in [5.74, 6) is -0.323. The maximum Gasteiger partial charge on any atom is 0.225 e. The molecule has 6 heteroatoms. The van der Waals surface area contributed by atoms with Crippen molar-refractivity contribution < 1.29 is 9.59 Å². The zero-order chi connectivity index (χ0) is 16.2. The van der Waals surface area contributed by atoms with Crippen molar-refractivity contribution in [2.24, 2.45) is 5.92 Å². The molecule has 120 valence electrons. The van der Waals surface area contributed by atoms with Crippen molar-refractivity contribution in [2.75, 3.05) is 6.54 Å². The van der Waals surface area contributed by atoms with E-state index >= 15 is 0 Å². The number of hydrogen-bond acceptors (Lipinski definition) is 4. The number of hydrogen-bond donors (Lipinski definition) is 1. The van der Waals surface area contributed by atoms with E-state index in [0.717, 1.165) is 10.6 Å². The average molecular weight is 329 g/mol. The quantitative estimate of drug-likeness (QED) is 0.916. The Morgan fingerprint density at radius 2 is 2.30 bits per heavy atom. The van der Waals surface area contributed by atoms with Gasteiger partial charge in [-0.15, -0.1) is 11.3 Å². The molecule has 0 spiro atoms. The Kier molecular flexibility index (Phi) is 4.71. The minimum absolute atomic E-state index is 0.0135. The summed E-state index contributed by atoms with van der Waals surface area (Å²) >= 11 is 1.62. The van der Waals surface area contributed by atoms with Crippen molar-refractivity contribution in [1.82, 2.24) is 15.2 Å². The van der Waals surface area contributed by atoms with Crippen molar-refractivity contribution >= 4 is 23.2 Å². The van der Waals surface area contributed by atoms with Crippen LogP contribution in [-0.2, 0) is 16.1 Å². The van der Waals surface area contributed by atoms with Crippen LogP contribution in [0.3, 0.4) is 0 Å². The lowest BCUT2D eigenvalue weighted by Crippen LogP contribution is -2.34. The van der Waals surface area contributed by atoms with Crippen LogP contribution in [0.5, 0.6) is 0 Å². The Balaban J connectivity index is 1.57. The molecule has 2 atom stereocenters. The lowest BCUT2D eigenvalue weighted by Gasteiger charge is -2.17. The molecule has 1 fully saturated rings. The Labute approximate surface area is 139 Å². The molecule has 1 aliphatic heterocycles. The Bertz CT molecular complexity index is 672. The molecule has 2 aromatic heterocycles. The van der Waals surface area contributed by atoms with E-state index in [0.29, 0.717) is 13.1 Å². The van der Waals surface area contributed by atoms with Gasteiger partial charge in [-0.25, -0.2) is 0 Å². The van der Waals surface area contributed by atoms with Gasteiger partial charge in [0.25, 0.3) is 0 Å². The van der Waals surface area contributed by atoms with Crippen molar-refractivity contribution in [2.45, 2.75) is 25.9 Å². The van der Waals surface area contributed by atoms with E-state index in [4.69, 9.17) is 0 Å². The number of nitrogens with one attached hydrogen (secondary N) is 1. The van der Waals surface area contributed by atoms with Crippen LogP contribution in [0, 0.1) is 5.92 Å². The number of amides is 2. The Morgan fingerprint density at radius 3 is 3.00 bits per heavy atom. The molecule has 3 heterocycles. The number of pyridine rings is 1. The van der Waals surface area contributed by atoms with E-state index in [1.54, 1.807) is 22.4 Å². The predicted molar refractivity (Wildman–Crippen MR) is 88.6 cm³/mol. The third kappa shape index (κ3) is 3.76. The summed E-state index contributed by atoms with van der Waals surface area (Å²) in [7, 11) is 0. The van der Waals surface area contributed by atoms with Crippen LogP contribution in [0.1, 0.15) is 30.0 Å². The first-order valence-corrected chi connectivity index (χ1v) is 8.53. The highest BCUT2D eigenvalue weighted by Gasteiger charge is 2.34. The molecule has 23 heavy (non-hydrogen) atoms. The van der Waals surface area contributed by atoms with Crippen molar-refractivity contribution in [1.29, 1.82) is 0 Å². The van der Waals surface area contributed by atoms with Crippen LogP contribution in [0.25, 0.3) is 0 Å². The molecule has 0 aromatic carbocycles. The van der Waals surface area contributed by atoms with Crippen molar-refractivity contribution in [3.8, 4) is 0 Å². The normalized spacial score (nSPS) is 18.9. The summed E-state index contributed by atoms with van der Waals surface area (Å²) in [5, 5.41) is 5.00. The van der Waals surface area contributed by atoms with Gasteiger partial charge < -0.3 is 10.2 Å². The largest absolute Gasteiger partial charge is 0.348 e. The summed E-state index contributed by atoms with van der Waals surface area (Å²) in [5.41, 5.74) is 0.842. The van der Waals surface area contributed by atoms with Gasteiger partial charge in [-0.1, -0.05) is 12.1 Å². The van der Waals surface area contributed by atoms with Gasteiger partial charge in [-0.2, -0.15) is 0 Å². The molecule has 2 amide bonds. The topological polar surface area (TPSA) is 62.3 Å². The number of thiophene rings is 1. The van der Waals surface area contributed by atoms with E-state index < -0.39 is 0 Å². The zero-order valence-corrected chi connectivity index (χ0v) is 13.8. The summed E-state index contributed by atoms with van der Waals surface area (Å²) in [6, 6.07) is 9.58. The van der Waals surface area contributed by atoms with Crippen molar-refractivity contribution in [3.05, 3.63) is 52.5 Å². The molecule has 3 rings (SSSR count). The van der Waals surface area contributed by atoms with Crippen molar-refractivity contribution in [3.63, 3.8) is 0 Å². The third-order valence-corrected chi connectivity index (χ3v) is 5.05. The zero-order valence-electron chi connectivity index (χ0n) is 12.9.